The van der Waals surface area contributed by atoms with Gasteiger partial charge in [0.25, 0.3) is 5.91 Å². The lowest BCUT2D eigenvalue weighted by atomic mass is 10.0. The number of benzene rings is 1. The zero-order valence-corrected chi connectivity index (χ0v) is 13.0. The van der Waals surface area contributed by atoms with Crippen molar-refractivity contribution in [2.45, 2.75) is 5.60 Å². The number of carbonyl (C=O) groups is 1. The molecule has 0 radical (unpaired) electrons. The molecule has 1 spiro atoms. The van der Waals surface area contributed by atoms with Gasteiger partial charge in [-0.05, 0) is 23.6 Å². The SMILES string of the molecule is O=C(c1ccc2cc[nH]c2c1)N1CCO[C@@]2(CNCCOC2)C1. The number of amides is 1. The minimum absolute atomic E-state index is 0.0495. The Morgan fingerprint density at radius 2 is 2.22 bits per heavy atom. The number of ether oxygens (including phenoxy) is 2. The molecule has 2 N–H and O–H groups in total. The normalized spacial score (nSPS) is 25.7. The monoisotopic (exact) mass is 315 g/mol. The maximum atomic E-state index is 12.9. The minimum Gasteiger partial charge on any atom is -0.377 e. The topological polar surface area (TPSA) is 66.6 Å². The number of aromatic amines is 1. The van der Waals surface area contributed by atoms with E-state index in [1.54, 1.807) is 0 Å². The average Bonchev–Trinajstić information content (AvgIpc) is 2.94. The van der Waals surface area contributed by atoms with Gasteiger partial charge in [0.15, 0.2) is 0 Å². The van der Waals surface area contributed by atoms with Crippen molar-refractivity contribution in [3.8, 4) is 0 Å². The summed E-state index contributed by atoms with van der Waals surface area (Å²) >= 11 is 0. The Hall–Kier alpha value is -1.89. The van der Waals surface area contributed by atoms with Crippen molar-refractivity contribution < 1.29 is 14.3 Å². The molecule has 0 saturated carbocycles. The smallest absolute Gasteiger partial charge is 0.254 e. The summed E-state index contributed by atoms with van der Waals surface area (Å²) in [6.07, 6.45) is 1.89. The van der Waals surface area contributed by atoms with Crippen molar-refractivity contribution in [3.05, 3.63) is 36.0 Å². The fourth-order valence-electron chi connectivity index (χ4n) is 3.35. The number of hydrogen-bond acceptors (Lipinski definition) is 4. The minimum atomic E-state index is -0.430. The molecular formula is C17H21N3O3. The zero-order valence-electron chi connectivity index (χ0n) is 13.0. The summed E-state index contributed by atoms with van der Waals surface area (Å²) in [5, 5.41) is 4.45. The molecular weight excluding hydrogens is 294 g/mol. The van der Waals surface area contributed by atoms with Crippen LogP contribution in [0.15, 0.2) is 30.5 Å². The Labute approximate surface area is 134 Å². The van der Waals surface area contributed by atoms with Gasteiger partial charge in [0.2, 0.25) is 0 Å². The first-order chi connectivity index (χ1) is 11.3. The Bertz CT molecular complexity index is 704. The molecule has 1 aromatic heterocycles. The van der Waals surface area contributed by atoms with E-state index < -0.39 is 5.60 Å². The van der Waals surface area contributed by atoms with Gasteiger partial charge in [0, 0.05) is 36.9 Å². The van der Waals surface area contributed by atoms with E-state index in [1.165, 1.54) is 0 Å². The Balaban J connectivity index is 1.55. The summed E-state index contributed by atoms with van der Waals surface area (Å²) in [6, 6.07) is 7.79. The van der Waals surface area contributed by atoms with Crippen LogP contribution in [0.2, 0.25) is 0 Å². The molecule has 2 aliphatic rings. The molecule has 3 heterocycles. The lowest BCUT2D eigenvalue weighted by molar-refractivity contribution is -0.125. The zero-order chi connectivity index (χ0) is 15.7. The van der Waals surface area contributed by atoms with Crippen molar-refractivity contribution >= 4 is 16.8 Å². The number of hydrogen-bond donors (Lipinski definition) is 2. The maximum Gasteiger partial charge on any atom is 0.254 e. The van der Waals surface area contributed by atoms with Gasteiger partial charge < -0.3 is 24.7 Å². The van der Waals surface area contributed by atoms with Crippen LogP contribution in [0.25, 0.3) is 10.9 Å². The molecule has 6 nitrogen and oxygen atoms in total. The van der Waals surface area contributed by atoms with E-state index in [1.807, 2.05) is 35.4 Å². The molecule has 6 heteroatoms. The van der Waals surface area contributed by atoms with Crippen molar-refractivity contribution in [2.24, 2.45) is 0 Å². The average molecular weight is 315 g/mol. The second-order valence-corrected chi connectivity index (χ2v) is 6.27. The van der Waals surface area contributed by atoms with E-state index in [0.717, 1.165) is 17.4 Å². The Kier molecular flexibility index (Phi) is 3.80. The molecule has 0 bridgehead atoms. The van der Waals surface area contributed by atoms with E-state index in [4.69, 9.17) is 9.47 Å². The predicted octanol–water partition coefficient (Wildman–Crippen LogP) is 0.999. The fraction of sp³-hybridized carbons (Fsp3) is 0.471. The van der Waals surface area contributed by atoms with Crippen LogP contribution in [0, 0.1) is 0 Å². The van der Waals surface area contributed by atoms with Crippen LogP contribution in [0.3, 0.4) is 0 Å². The van der Waals surface area contributed by atoms with Crippen LogP contribution in [0.4, 0.5) is 0 Å². The number of rotatable bonds is 1. The van der Waals surface area contributed by atoms with E-state index in [9.17, 15) is 4.79 Å². The first-order valence-electron chi connectivity index (χ1n) is 8.05. The van der Waals surface area contributed by atoms with Crippen LogP contribution in [-0.4, -0.2) is 67.4 Å². The summed E-state index contributed by atoms with van der Waals surface area (Å²) in [5.41, 5.74) is 1.26. The second kappa shape index (κ2) is 5.96. The van der Waals surface area contributed by atoms with Gasteiger partial charge in [0.05, 0.1) is 26.4 Å². The third kappa shape index (κ3) is 2.85. The number of nitrogens with one attached hydrogen (secondary N) is 2. The molecule has 0 aliphatic carbocycles. The largest absolute Gasteiger partial charge is 0.377 e. The molecule has 2 fully saturated rings. The van der Waals surface area contributed by atoms with Crippen LogP contribution < -0.4 is 5.32 Å². The van der Waals surface area contributed by atoms with Gasteiger partial charge in [-0.15, -0.1) is 0 Å². The van der Waals surface area contributed by atoms with E-state index >= 15 is 0 Å². The number of morpholine rings is 1. The van der Waals surface area contributed by atoms with Crippen molar-refractivity contribution in [1.82, 2.24) is 15.2 Å². The first kappa shape index (κ1) is 14.7. The lowest BCUT2D eigenvalue weighted by Crippen LogP contribution is -2.59. The summed E-state index contributed by atoms with van der Waals surface area (Å²) in [4.78, 5) is 17.9. The third-order valence-electron chi connectivity index (χ3n) is 4.57. The molecule has 4 rings (SSSR count). The predicted molar refractivity (Wildman–Crippen MR) is 86.6 cm³/mol. The van der Waals surface area contributed by atoms with E-state index in [0.29, 0.717) is 45.0 Å². The van der Waals surface area contributed by atoms with Crippen LogP contribution in [0.1, 0.15) is 10.4 Å². The molecule has 122 valence electrons. The fourth-order valence-corrected chi connectivity index (χ4v) is 3.35. The molecule has 2 aromatic rings. The van der Waals surface area contributed by atoms with Gasteiger partial charge in [-0.25, -0.2) is 0 Å². The molecule has 2 aliphatic heterocycles. The van der Waals surface area contributed by atoms with Crippen LogP contribution >= 0.6 is 0 Å². The van der Waals surface area contributed by atoms with Crippen molar-refractivity contribution in [1.29, 1.82) is 0 Å². The van der Waals surface area contributed by atoms with Gasteiger partial charge in [-0.2, -0.15) is 0 Å². The van der Waals surface area contributed by atoms with E-state index in [2.05, 4.69) is 10.3 Å². The standard InChI is InChI=1S/C17H21N3O3/c21-16(14-2-1-13-3-4-19-15(13)9-14)20-6-8-23-17(11-20)10-18-5-7-22-12-17/h1-4,9,18-19H,5-8,10-12H2/t17-/m0/s1. The van der Waals surface area contributed by atoms with Crippen molar-refractivity contribution in [2.75, 3.05) is 46.0 Å². The van der Waals surface area contributed by atoms with Gasteiger partial charge in [0.1, 0.15) is 5.60 Å². The van der Waals surface area contributed by atoms with Crippen LogP contribution in [-0.2, 0) is 9.47 Å². The number of H-pyrrole nitrogens is 1. The highest BCUT2D eigenvalue weighted by Gasteiger charge is 2.39. The second-order valence-electron chi connectivity index (χ2n) is 6.27. The number of nitrogens with zero attached hydrogens (tertiary/aromatic N) is 1. The summed E-state index contributed by atoms with van der Waals surface area (Å²) in [5.74, 6) is 0.0495. The van der Waals surface area contributed by atoms with Gasteiger partial charge >= 0.3 is 0 Å². The summed E-state index contributed by atoms with van der Waals surface area (Å²) < 4.78 is 11.6. The van der Waals surface area contributed by atoms with Crippen molar-refractivity contribution in [3.63, 3.8) is 0 Å². The quantitative estimate of drug-likeness (QED) is 0.824. The number of carbonyl (C=O) groups excluding carboxylic acids is 1. The highest BCUT2D eigenvalue weighted by atomic mass is 16.5. The number of fused-ring (bicyclic) bond motifs is 1. The highest BCUT2D eigenvalue weighted by molar-refractivity contribution is 5.98. The summed E-state index contributed by atoms with van der Waals surface area (Å²) in [6.45, 7) is 4.46. The van der Waals surface area contributed by atoms with E-state index in [-0.39, 0.29) is 5.91 Å². The van der Waals surface area contributed by atoms with Crippen LogP contribution in [0.5, 0.6) is 0 Å². The molecule has 1 atom stereocenters. The van der Waals surface area contributed by atoms with Gasteiger partial charge in [-0.1, -0.05) is 6.07 Å². The first-order valence-corrected chi connectivity index (χ1v) is 8.05. The molecule has 1 amide bonds. The van der Waals surface area contributed by atoms with Gasteiger partial charge in [-0.3, -0.25) is 4.79 Å². The Morgan fingerprint density at radius 1 is 1.26 bits per heavy atom. The lowest BCUT2D eigenvalue weighted by Gasteiger charge is -2.41. The molecule has 23 heavy (non-hydrogen) atoms. The highest BCUT2D eigenvalue weighted by Crippen LogP contribution is 2.22. The Morgan fingerprint density at radius 3 is 3.17 bits per heavy atom. The third-order valence-corrected chi connectivity index (χ3v) is 4.57. The molecule has 1 aromatic carbocycles. The number of aromatic nitrogens is 1. The summed E-state index contributed by atoms with van der Waals surface area (Å²) in [7, 11) is 0. The molecule has 0 unspecified atom stereocenters. The molecule has 2 saturated heterocycles. The maximum absolute atomic E-state index is 12.9.